The van der Waals surface area contributed by atoms with Crippen molar-refractivity contribution in [2.45, 2.75) is 10.3 Å². The summed E-state index contributed by atoms with van der Waals surface area (Å²) in [4.78, 5) is 8.16. The number of aromatic nitrogens is 2. The van der Waals surface area contributed by atoms with Gasteiger partial charge in [0.1, 0.15) is 0 Å². The van der Waals surface area contributed by atoms with E-state index < -0.39 is 0 Å². The number of nitrogens with two attached hydrogens (primary N) is 2. The first-order chi connectivity index (χ1) is 7.19. The zero-order valence-electron chi connectivity index (χ0n) is 8.10. The molecule has 1 atom stereocenters. The highest BCUT2D eigenvalue weighted by Gasteiger charge is 2.03. The Kier molecular flexibility index (Phi) is 2.66. The molecule has 1 aromatic heterocycles. The third-order valence-corrected chi connectivity index (χ3v) is 2.97. The minimum atomic E-state index is -0.0947. The molecule has 0 aliphatic carbocycles. The SMILES string of the molecule is C=CC(N)Sc1ccc2nc(N)[nH]c2c1. The molecule has 0 saturated carbocycles. The number of nitrogens with one attached hydrogen (secondary N) is 1. The van der Waals surface area contributed by atoms with Crippen LogP contribution in [0.3, 0.4) is 0 Å². The summed E-state index contributed by atoms with van der Waals surface area (Å²) in [5.74, 6) is 0.431. The molecule has 1 unspecified atom stereocenters. The summed E-state index contributed by atoms with van der Waals surface area (Å²) in [6, 6.07) is 5.86. The molecule has 1 heterocycles. The van der Waals surface area contributed by atoms with Crippen molar-refractivity contribution in [2.75, 3.05) is 5.73 Å². The molecule has 0 bridgehead atoms. The number of nitrogen functional groups attached to an aromatic ring is 1. The van der Waals surface area contributed by atoms with Crippen molar-refractivity contribution >= 4 is 28.7 Å². The summed E-state index contributed by atoms with van der Waals surface area (Å²) in [5, 5.41) is -0.0947. The van der Waals surface area contributed by atoms with Gasteiger partial charge in [0, 0.05) is 4.90 Å². The Hall–Kier alpha value is -1.46. The summed E-state index contributed by atoms with van der Waals surface area (Å²) < 4.78 is 0. The molecule has 0 aliphatic rings. The molecule has 4 nitrogen and oxygen atoms in total. The Morgan fingerprint density at radius 3 is 3.07 bits per heavy atom. The van der Waals surface area contributed by atoms with Crippen LogP contribution in [0.2, 0.25) is 0 Å². The van der Waals surface area contributed by atoms with E-state index in [-0.39, 0.29) is 5.37 Å². The predicted molar refractivity (Wildman–Crippen MR) is 64.5 cm³/mol. The molecule has 2 rings (SSSR count). The van der Waals surface area contributed by atoms with Crippen molar-refractivity contribution in [2.24, 2.45) is 5.73 Å². The summed E-state index contributed by atoms with van der Waals surface area (Å²) in [7, 11) is 0. The number of rotatable bonds is 3. The van der Waals surface area contributed by atoms with Crippen LogP contribution in [-0.4, -0.2) is 15.3 Å². The van der Waals surface area contributed by atoms with Gasteiger partial charge in [0.2, 0.25) is 0 Å². The van der Waals surface area contributed by atoms with Crippen molar-refractivity contribution in [1.29, 1.82) is 0 Å². The molecule has 0 radical (unpaired) electrons. The van der Waals surface area contributed by atoms with Gasteiger partial charge in [-0.25, -0.2) is 4.98 Å². The number of benzene rings is 1. The zero-order valence-corrected chi connectivity index (χ0v) is 8.92. The Morgan fingerprint density at radius 1 is 1.53 bits per heavy atom. The molecule has 0 spiro atoms. The van der Waals surface area contributed by atoms with Gasteiger partial charge in [-0.15, -0.1) is 18.3 Å². The highest BCUT2D eigenvalue weighted by Crippen LogP contribution is 2.24. The molecule has 78 valence electrons. The minimum Gasteiger partial charge on any atom is -0.369 e. The second-order valence-corrected chi connectivity index (χ2v) is 4.37. The average Bonchev–Trinajstić information content (AvgIpc) is 2.57. The number of fused-ring (bicyclic) bond motifs is 1. The monoisotopic (exact) mass is 220 g/mol. The van der Waals surface area contributed by atoms with E-state index >= 15 is 0 Å². The number of thioether (sulfide) groups is 1. The van der Waals surface area contributed by atoms with E-state index in [4.69, 9.17) is 11.5 Å². The first-order valence-electron chi connectivity index (χ1n) is 4.49. The number of hydrogen-bond donors (Lipinski definition) is 3. The van der Waals surface area contributed by atoms with Crippen LogP contribution in [0, 0.1) is 0 Å². The van der Waals surface area contributed by atoms with E-state index in [1.165, 1.54) is 11.8 Å². The fourth-order valence-corrected chi connectivity index (χ4v) is 2.03. The van der Waals surface area contributed by atoms with Gasteiger partial charge in [0.25, 0.3) is 0 Å². The van der Waals surface area contributed by atoms with Crippen LogP contribution < -0.4 is 11.5 Å². The maximum atomic E-state index is 5.75. The third kappa shape index (κ3) is 2.14. The Labute approximate surface area is 91.7 Å². The fraction of sp³-hybridized carbons (Fsp3) is 0.100. The number of hydrogen-bond acceptors (Lipinski definition) is 4. The van der Waals surface area contributed by atoms with Crippen molar-refractivity contribution in [3.63, 3.8) is 0 Å². The second kappa shape index (κ2) is 3.96. The maximum absolute atomic E-state index is 5.75. The van der Waals surface area contributed by atoms with E-state index in [0.29, 0.717) is 5.95 Å². The first kappa shape index (κ1) is 10.1. The van der Waals surface area contributed by atoms with Gasteiger partial charge < -0.3 is 16.5 Å². The van der Waals surface area contributed by atoms with E-state index in [1.54, 1.807) is 6.08 Å². The lowest BCUT2D eigenvalue weighted by Crippen LogP contribution is -2.10. The number of H-pyrrole nitrogens is 1. The van der Waals surface area contributed by atoms with Gasteiger partial charge in [-0.3, -0.25) is 0 Å². The lowest BCUT2D eigenvalue weighted by atomic mass is 10.3. The Bertz CT molecular complexity index is 491. The Balaban J connectivity index is 2.33. The molecular formula is C10H12N4S. The molecule has 0 saturated heterocycles. The largest absolute Gasteiger partial charge is 0.369 e. The second-order valence-electron chi connectivity index (χ2n) is 3.12. The van der Waals surface area contributed by atoms with Gasteiger partial charge >= 0.3 is 0 Å². The Morgan fingerprint density at radius 2 is 2.33 bits per heavy atom. The first-order valence-corrected chi connectivity index (χ1v) is 5.37. The lowest BCUT2D eigenvalue weighted by Gasteiger charge is -2.04. The number of anilines is 1. The van der Waals surface area contributed by atoms with Gasteiger partial charge in [-0.05, 0) is 18.2 Å². The maximum Gasteiger partial charge on any atom is 0.198 e. The molecule has 2 aromatic rings. The van der Waals surface area contributed by atoms with Gasteiger partial charge in [-0.1, -0.05) is 6.08 Å². The highest BCUT2D eigenvalue weighted by molar-refractivity contribution is 8.00. The van der Waals surface area contributed by atoms with E-state index in [2.05, 4.69) is 16.5 Å². The van der Waals surface area contributed by atoms with Crippen LogP contribution in [0.1, 0.15) is 0 Å². The van der Waals surface area contributed by atoms with Crippen LogP contribution in [0.5, 0.6) is 0 Å². The van der Waals surface area contributed by atoms with Crippen molar-refractivity contribution in [3.05, 3.63) is 30.9 Å². The topological polar surface area (TPSA) is 80.7 Å². The van der Waals surface area contributed by atoms with E-state index in [9.17, 15) is 0 Å². The van der Waals surface area contributed by atoms with Crippen LogP contribution in [-0.2, 0) is 0 Å². The molecule has 0 aliphatic heterocycles. The highest BCUT2D eigenvalue weighted by atomic mass is 32.2. The molecule has 5 heteroatoms. The smallest absolute Gasteiger partial charge is 0.198 e. The molecular weight excluding hydrogens is 208 g/mol. The fourth-order valence-electron chi connectivity index (χ4n) is 1.29. The lowest BCUT2D eigenvalue weighted by molar-refractivity contribution is 1.16. The number of nitrogens with zero attached hydrogens (tertiary/aromatic N) is 1. The van der Waals surface area contributed by atoms with E-state index in [0.717, 1.165) is 15.9 Å². The number of aromatic amines is 1. The summed E-state index contributed by atoms with van der Waals surface area (Å²) in [6.45, 7) is 3.64. The van der Waals surface area contributed by atoms with Crippen molar-refractivity contribution in [1.82, 2.24) is 9.97 Å². The van der Waals surface area contributed by atoms with Crippen molar-refractivity contribution in [3.8, 4) is 0 Å². The summed E-state index contributed by atoms with van der Waals surface area (Å²) in [5.41, 5.74) is 13.1. The predicted octanol–water partition coefficient (Wildman–Crippen LogP) is 1.71. The number of imidazole rings is 1. The van der Waals surface area contributed by atoms with Gasteiger partial charge in [-0.2, -0.15) is 0 Å². The van der Waals surface area contributed by atoms with Crippen LogP contribution >= 0.6 is 11.8 Å². The quantitative estimate of drug-likeness (QED) is 0.418. The molecule has 5 N–H and O–H groups in total. The molecule has 0 amide bonds. The van der Waals surface area contributed by atoms with Crippen LogP contribution in [0.25, 0.3) is 11.0 Å². The molecule has 1 aromatic carbocycles. The average molecular weight is 220 g/mol. The standard InChI is InChI=1S/C10H12N4S/c1-2-9(11)15-6-3-4-7-8(5-6)14-10(12)13-7/h2-5,9H,1,11H2,(H3,12,13,14). The zero-order chi connectivity index (χ0) is 10.8. The molecule has 0 fully saturated rings. The van der Waals surface area contributed by atoms with Crippen LogP contribution in [0.4, 0.5) is 5.95 Å². The summed E-state index contributed by atoms with van der Waals surface area (Å²) in [6.07, 6.45) is 1.70. The summed E-state index contributed by atoms with van der Waals surface area (Å²) >= 11 is 1.54. The normalized spacial score (nSPS) is 12.9. The van der Waals surface area contributed by atoms with Crippen molar-refractivity contribution < 1.29 is 0 Å². The third-order valence-electron chi connectivity index (χ3n) is 1.98. The van der Waals surface area contributed by atoms with Gasteiger partial charge in [0.15, 0.2) is 5.95 Å². The van der Waals surface area contributed by atoms with Gasteiger partial charge in [0.05, 0.1) is 16.4 Å². The van der Waals surface area contributed by atoms with E-state index in [1.807, 2.05) is 18.2 Å². The molecule has 15 heavy (non-hydrogen) atoms. The minimum absolute atomic E-state index is 0.0947. The van der Waals surface area contributed by atoms with Crippen LogP contribution in [0.15, 0.2) is 35.7 Å².